The van der Waals surface area contributed by atoms with Crippen molar-refractivity contribution in [1.82, 2.24) is 10.2 Å². The first-order chi connectivity index (χ1) is 12.3. The van der Waals surface area contributed by atoms with Crippen LogP contribution in [0.25, 0.3) is 10.4 Å². The Morgan fingerprint density at radius 3 is 2.96 bits per heavy atom. The molecular weight excluding hydrogens is 347 g/mol. The highest BCUT2D eigenvalue weighted by Crippen LogP contribution is 2.39. The first kappa shape index (κ1) is 20.0. The fraction of sp³-hybridized carbons (Fsp3) is 0.667. The number of nitrogens with two attached hydrogens (primary N) is 1. The van der Waals surface area contributed by atoms with Crippen LogP contribution >= 0.6 is 0 Å². The number of carbonyl (C=O) groups is 1. The van der Waals surface area contributed by atoms with E-state index in [1.54, 1.807) is 19.9 Å². The summed E-state index contributed by atoms with van der Waals surface area (Å²) in [5.41, 5.74) is 12.6. The Balaban J connectivity index is 2.36. The summed E-state index contributed by atoms with van der Waals surface area (Å²) in [4.78, 5) is 16.0. The zero-order chi connectivity index (χ0) is 19.5. The number of ether oxygens (including phenoxy) is 2. The smallest absolute Gasteiger partial charge is 0.308 e. The van der Waals surface area contributed by atoms with Gasteiger partial charge in [0.05, 0.1) is 25.2 Å². The highest BCUT2D eigenvalue weighted by Gasteiger charge is 2.59. The Morgan fingerprint density at radius 1 is 1.73 bits per heavy atom. The van der Waals surface area contributed by atoms with Crippen molar-refractivity contribution in [3.05, 3.63) is 35.1 Å². The second-order valence-corrected chi connectivity index (χ2v) is 6.44. The molecule has 2 aliphatic heterocycles. The third kappa shape index (κ3) is 3.75. The molecule has 2 rings (SSSR count). The number of carbonyl (C=O) groups excluding carboxylic acids is 1. The molecule has 1 saturated heterocycles. The maximum absolute atomic E-state index is 15.2. The number of azide groups is 1. The predicted molar refractivity (Wildman–Crippen MR) is 89.5 cm³/mol. The topological polar surface area (TPSA) is 146 Å². The highest BCUT2D eigenvalue weighted by molar-refractivity contribution is 5.72. The third-order valence-corrected chi connectivity index (χ3v) is 4.19. The molecule has 10 nitrogen and oxygen atoms in total. The minimum atomic E-state index is -1.84. The van der Waals surface area contributed by atoms with Crippen molar-refractivity contribution in [2.24, 2.45) is 16.8 Å². The molecule has 26 heavy (non-hydrogen) atoms. The van der Waals surface area contributed by atoms with Crippen LogP contribution in [-0.4, -0.2) is 59.4 Å². The molecule has 2 heterocycles. The molecule has 5 atom stereocenters. The third-order valence-electron chi connectivity index (χ3n) is 4.19. The van der Waals surface area contributed by atoms with Crippen LogP contribution in [0.1, 0.15) is 13.8 Å². The van der Waals surface area contributed by atoms with Crippen LogP contribution in [0.2, 0.25) is 0 Å². The molecule has 0 bridgehead atoms. The van der Waals surface area contributed by atoms with Gasteiger partial charge in [-0.05, 0) is 11.6 Å². The second kappa shape index (κ2) is 7.92. The predicted octanol–water partition coefficient (Wildman–Crippen LogP) is 0.465. The molecule has 0 amide bonds. The fourth-order valence-electron chi connectivity index (χ4n) is 2.74. The van der Waals surface area contributed by atoms with Crippen LogP contribution in [0.5, 0.6) is 0 Å². The van der Waals surface area contributed by atoms with Gasteiger partial charge < -0.3 is 30.5 Å². The quantitative estimate of drug-likeness (QED) is 0.266. The lowest BCUT2D eigenvalue weighted by Crippen LogP contribution is -2.50. The Morgan fingerprint density at radius 2 is 2.42 bits per heavy atom. The van der Waals surface area contributed by atoms with Crippen molar-refractivity contribution in [1.29, 1.82) is 0 Å². The van der Waals surface area contributed by atoms with Gasteiger partial charge in [0, 0.05) is 11.1 Å². The Bertz CT molecular complexity index is 638. The Kier molecular flexibility index (Phi) is 6.09. The fourth-order valence-corrected chi connectivity index (χ4v) is 2.74. The van der Waals surface area contributed by atoms with Crippen molar-refractivity contribution < 1.29 is 23.8 Å². The van der Waals surface area contributed by atoms with Gasteiger partial charge in [0.15, 0.2) is 18.5 Å². The number of hydrogen-bond donors (Lipinski definition) is 3. The summed E-state index contributed by atoms with van der Waals surface area (Å²) in [6.07, 6.45) is -2.00. The van der Waals surface area contributed by atoms with Gasteiger partial charge in [-0.25, -0.2) is 4.39 Å². The molecule has 144 valence electrons. The van der Waals surface area contributed by atoms with Gasteiger partial charge in [-0.3, -0.25) is 4.79 Å². The van der Waals surface area contributed by atoms with Gasteiger partial charge in [-0.1, -0.05) is 25.5 Å². The van der Waals surface area contributed by atoms with Gasteiger partial charge in [-0.15, -0.1) is 0 Å². The van der Waals surface area contributed by atoms with E-state index in [9.17, 15) is 9.90 Å². The van der Waals surface area contributed by atoms with E-state index >= 15 is 4.39 Å². The van der Waals surface area contributed by atoms with Crippen LogP contribution in [-0.2, 0) is 14.3 Å². The van der Waals surface area contributed by atoms with Gasteiger partial charge in [0.2, 0.25) is 0 Å². The lowest BCUT2D eigenvalue weighted by molar-refractivity contribution is -0.171. The number of rotatable bonds is 6. The molecule has 4 N–H and O–H groups in total. The van der Waals surface area contributed by atoms with E-state index in [-0.39, 0.29) is 5.82 Å². The Labute approximate surface area is 150 Å². The first-order valence-electron chi connectivity index (χ1n) is 8.07. The summed E-state index contributed by atoms with van der Waals surface area (Å²) in [5.74, 6) is -0.894. The molecule has 11 heteroatoms. The molecule has 0 aromatic heterocycles. The molecule has 0 aliphatic carbocycles. The maximum Gasteiger partial charge on any atom is 0.308 e. The molecule has 1 fully saturated rings. The summed E-state index contributed by atoms with van der Waals surface area (Å²) in [6.45, 7) is 5.82. The minimum Gasteiger partial charge on any atom is -0.456 e. The molecule has 2 aliphatic rings. The normalized spacial score (nSPS) is 33.8. The van der Waals surface area contributed by atoms with Gasteiger partial charge in [0.1, 0.15) is 11.4 Å². The first-order valence-corrected chi connectivity index (χ1v) is 8.07. The largest absolute Gasteiger partial charge is 0.456 e. The van der Waals surface area contributed by atoms with E-state index in [2.05, 4.69) is 21.9 Å². The molecule has 0 aromatic carbocycles. The second-order valence-electron chi connectivity index (χ2n) is 6.44. The minimum absolute atomic E-state index is 0.277. The van der Waals surface area contributed by atoms with Gasteiger partial charge >= 0.3 is 5.97 Å². The van der Waals surface area contributed by atoms with Crippen LogP contribution in [0.15, 0.2) is 29.8 Å². The summed E-state index contributed by atoms with van der Waals surface area (Å²) in [7, 11) is 0. The van der Waals surface area contributed by atoms with Crippen LogP contribution in [0, 0.1) is 5.92 Å². The molecule has 0 aromatic rings. The summed E-state index contributed by atoms with van der Waals surface area (Å²) in [6, 6.07) is 0. The van der Waals surface area contributed by atoms with Crippen molar-refractivity contribution in [2.75, 3.05) is 13.2 Å². The van der Waals surface area contributed by atoms with Crippen LogP contribution < -0.4 is 11.1 Å². The number of esters is 1. The van der Waals surface area contributed by atoms with E-state index in [0.29, 0.717) is 0 Å². The number of halogens is 1. The summed E-state index contributed by atoms with van der Waals surface area (Å²) < 4.78 is 26.2. The highest BCUT2D eigenvalue weighted by atomic mass is 19.1. The molecular formula is C15H23FN6O4. The number of nitrogens with one attached hydrogen (secondary N) is 1. The molecule has 0 radical (unpaired) electrons. The van der Waals surface area contributed by atoms with Crippen LogP contribution in [0.3, 0.4) is 0 Å². The number of hydrogen-bond acceptors (Lipinski definition) is 8. The molecule has 0 spiro atoms. The standard InChI is InChI=1S/C15H23FN6O4/c1-8(2)14(24)25-12-11(16)13(22-5-4-10(17)20-9(22)3)26-15(12,7-23)6-19-21-18/h4-5,8,10-13,20,23H,3,6-7,17H2,1-2H3/t10?,11-,12+,13-,15-/m1/s1. The number of aliphatic hydroxyl groups excluding tert-OH is 1. The van der Waals surface area contributed by atoms with E-state index in [0.717, 1.165) is 0 Å². The average molecular weight is 370 g/mol. The van der Waals surface area contributed by atoms with Gasteiger partial charge in [-0.2, -0.15) is 0 Å². The molecule has 1 unspecified atom stereocenters. The summed E-state index contributed by atoms with van der Waals surface area (Å²) >= 11 is 0. The monoisotopic (exact) mass is 370 g/mol. The zero-order valence-electron chi connectivity index (χ0n) is 14.6. The van der Waals surface area contributed by atoms with Gasteiger partial charge in [0.25, 0.3) is 0 Å². The van der Waals surface area contributed by atoms with Crippen LogP contribution in [0.4, 0.5) is 4.39 Å². The van der Waals surface area contributed by atoms with E-state index in [1.807, 2.05) is 0 Å². The zero-order valence-corrected chi connectivity index (χ0v) is 14.6. The SMILES string of the molecule is C=C1NC(N)C=CN1[C@@H]1O[C@@](CO)(CN=[N+]=[N-])[C@@H](OC(=O)C(C)C)[C@H]1F. The lowest BCUT2D eigenvalue weighted by Gasteiger charge is -2.35. The average Bonchev–Trinajstić information content (AvgIpc) is 2.86. The number of aliphatic hydroxyl groups is 1. The lowest BCUT2D eigenvalue weighted by atomic mass is 9.96. The van der Waals surface area contributed by atoms with Crippen molar-refractivity contribution in [3.8, 4) is 0 Å². The van der Waals surface area contributed by atoms with Crippen molar-refractivity contribution >= 4 is 5.97 Å². The van der Waals surface area contributed by atoms with Crippen molar-refractivity contribution in [3.63, 3.8) is 0 Å². The van der Waals surface area contributed by atoms with E-state index < -0.39 is 55.3 Å². The van der Waals surface area contributed by atoms with Crippen molar-refractivity contribution in [2.45, 2.75) is 44.1 Å². The molecule has 0 saturated carbocycles. The number of alkyl halides is 1. The van der Waals surface area contributed by atoms with E-state index in [1.165, 1.54) is 11.1 Å². The number of nitrogens with zero attached hydrogens (tertiary/aromatic N) is 4. The Hall–Kier alpha value is -2.33. The maximum atomic E-state index is 15.2. The van der Waals surface area contributed by atoms with E-state index in [4.69, 9.17) is 20.7 Å². The summed E-state index contributed by atoms with van der Waals surface area (Å²) in [5, 5.41) is 16.0.